The van der Waals surface area contributed by atoms with Gasteiger partial charge in [-0.25, -0.2) is 4.39 Å². The first-order chi connectivity index (χ1) is 8.45. The van der Waals surface area contributed by atoms with E-state index in [0.717, 1.165) is 6.07 Å². The highest BCUT2D eigenvalue weighted by molar-refractivity contribution is 6.31. The number of nitrogens with zero attached hydrogens (tertiary/aromatic N) is 2. The lowest BCUT2D eigenvalue weighted by Gasteiger charge is -2.10. The molecule has 0 aliphatic heterocycles. The molecule has 0 unspecified atom stereocenters. The van der Waals surface area contributed by atoms with Crippen molar-refractivity contribution in [2.75, 3.05) is 12.8 Å². The Hall–Kier alpha value is -1.95. The van der Waals surface area contributed by atoms with E-state index in [4.69, 9.17) is 22.1 Å². The Labute approximate surface area is 108 Å². The largest absolute Gasteiger partial charge is 0.504 e. The van der Waals surface area contributed by atoms with Crippen LogP contribution >= 0.6 is 11.6 Å². The predicted octanol–water partition coefficient (Wildman–Crippen LogP) is 2.18. The van der Waals surface area contributed by atoms with Crippen LogP contribution in [0.5, 0.6) is 11.5 Å². The van der Waals surface area contributed by atoms with Crippen LogP contribution in [0.1, 0.15) is 0 Å². The number of nitrogen functional groups attached to an aromatic ring is 1. The molecule has 0 saturated carbocycles. The molecule has 0 spiro atoms. The van der Waals surface area contributed by atoms with E-state index in [1.807, 2.05) is 0 Å². The second-order valence-corrected chi connectivity index (χ2v) is 4.08. The number of phenolic OH excluding ortho intramolecular Hbond substituents is 1. The molecule has 0 amide bonds. The van der Waals surface area contributed by atoms with E-state index in [1.54, 1.807) is 7.05 Å². The Kier molecular flexibility index (Phi) is 3.04. The fourth-order valence-corrected chi connectivity index (χ4v) is 1.83. The number of benzene rings is 1. The zero-order valence-corrected chi connectivity index (χ0v) is 10.5. The number of halogens is 2. The topological polar surface area (TPSA) is 73.3 Å². The van der Waals surface area contributed by atoms with Crippen LogP contribution in [-0.4, -0.2) is 22.0 Å². The van der Waals surface area contributed by atoms with Crippen molar-refractivity contribution in [3.05, 3.63) is 23.0 Å². The quantitative estimate of drug-likeness (QED) is 0.878. The summed E-state index contributed by atoms with van der Waals surface area (Å²) >= 11 is 5.69. The molecule has 0 aliphatic carbocycles. The van der Waals surface area contributed by atoms with E-state index in [1.165, 1.54) is 17.9 Å². The summed E-state index contributed by atoms with van der Waals surface area (Å²) in [5.41, 5.74) is 5.86. The van der Waals surface area contributed by atoms with E-state index in [9.17, 15) is 9.50 Å². The van der Waals surface area contributed by atoms with Gasteiger partial charge in [0.25, 0.3) is 0 Å². The molecule has 0 fully saturated rings. The van der Waals surface area contributed by atoms with Crippen molar-refractivity contribution in [2.45, 2.75) is 0 Å². The highest BCUT2D eigenvalue weighted by atomic mass is 35.5. The number of hydrogen-bond donors (Lipinski definition) is 2. The van der Waals surface area contributed by atoms with Crippen LogP contribution in [0.3, 0.4) is 0 Å². The first-order valence-corrected chi connectivity index (χ1v) is 5.38. The van der Waals surface area contributed by atoms with Crippen molar-refractivity contribution in [3.63, 3.8) is 0 Å². The Morgan fingerprint density at radius 3 is 2.67 bits per heavy atom. The lowest BCUT2D eigenvalue weighted by molar-refractivity contribution is 0.372. The zero-order chi connectivity index (χ0) is 13.4. The maximum Gasteiger partial charge on any atom is 0.173 e. The number of methoxy groups -OCH3 is 1. The van der Waals surface area contributed by atoms with Gasteiger partial charge < -0.3 is 15.6 Å². The Morgan fingerprint density at radius 2 is 2.17 bits per heavy atom. The summed E-state index contributed by atoms with van der Waals surface area (Å²) in [6, 6.07) is 2.54. The number of rotatable bonds is 2. The lowest BCUT2D eigenvalue weighted by atomic mass is 10.1. The molecule has 3 N–H and O–H groups in total. The summed E-state index contributed by atoms with van der Waals surface area (Å²) in [5.74, 6) is -0.659. The van der Waals surface area contributed by atoms with E-state index in [-0.39, 0.29) is 27.8 Å². The minimum Gasteiger partial charge on any atom is -0.504 e. The summed E-state index contributed by atoms with van der Waals surface area (Å²) in [4.78, 5) is 0. The number of aromatic nitrogens is 2. The molecule has 96 valence electrons. The number of aromatic hydroxyl groups is 1. The number of ether oxygens (including phenoxy) is 1. The summed E-state index contributed by atoms with van der Waals surface area (Å²) in [5, 5.41) is 13.5. The second-order valence-electron chi connectivity index (χ2n) is 3.68. The van der Waals surface area contributed by atoms with Gasteiger partial charge in [-0.15, -0.1) is 0 Å². The van der Waals surface area contributed by atoms with Crippen LogP contribution in [0.25, 0.3) is 11.3 Å². The van der Waals surface area contributed by atoms with Gasteiger partial charge in [-0.2, -0.15) is 5.10 Å². The SMILES string of the molecule is COc1c(O)cc(Cl)c(F)c1-c1cc(N)n(C)n1. The molecule has 0 bridgehead atoms. The van der Waals surface area contributed by atoms with E-state index in [0.29, 0.717) is 5.82 Å². The third-order valence-electron chi connectivity index (χ3n) is 2.53. The van der Waals surface area contributed by atoms with Crippen molar-refractivity contribution < 1.29 is 14.2 Å². The summed E-state index contributed by atoms with van der Waals surface area (Å²) < 4.78 is 20.4. The third kappa shape index (κ3) is 1.84. The van der Waals surface area contributed by atoms with Gasteiger partial charge in [-0.3, -0.25) is 4.68 Å². The number of aryl methyl sites for hydroxylation is 1. The molecule has 0 radical (unpaired) electrons. The average molecular weight is 272 g/mol. The van der Waals surface area contributed by atoms with Crippen molar-refractivity contribution in [3.8, 4) is 22.8 Å². The maximum atomic E-state index is 14.0. The van der Waals surface area contributed by atoms with Gasteiger partial charge in [0.05, 0.1) is 17.7 Å². The second kappa shape index (κ2) is 4.38. The Balaban J connectivity index is 2.76. The first-order valence-electron chi connectivity index (χ1n) is 5.00. The molecule has 2 rings (SSSR count). The zero-order valence-electron chi connectivity index (χ0n) is 9.74. The Morgan fingerprint density at radius 1 is 1.50 bits per heavy atom. The van der Waals surface area contributed by atoms with Crippen LogP contribution in [-0.2, 0) is 7.05 Å². The molecule has 1 aromatic carbocycles. The van der Waals surface area contributed by atoms with Crippen LogP contribution in [0, 0.1) is 5.82 Å². The van der Waals surface area contributed by atoms with Crippen LogP contribution in [0.2, 0.25) is 5.02 Å². The molecular weight excluding hydrogens is 261 g/mol. The Bertz CT molecular complexity index is 593. The van der Waals surface area contributed by atoms with Crippen LogP contribution < -0.4 is 10.5 Å². The van der Waals surface area contributed by atoms with Gasteiger partial charge >= 0.3 is 0 Å². The number of hydrogen-bond acceptors (Lipinski definition) is 4. The van der Waals surface area contributed by atoms with Crippen molar-refractivity contribution in [2.24, 2.45) is 7.05 Å². The van der Waals surface area contributed by atoms with Crippen molar-refractivity contribution in [1.29, 1.82) is 0 Å². The molecule has 0 saturated heterocycles. The maximum absolute atomic E-state index is 14.0. The number of phenols is 1. The van der Waals surface area contributed by atoms with Crippen molar-refractivity contribution in [1.82, 2.24) is 9.78 Å². The fraction of sp³-hybridized carbons (Fsp3) is 0.182. The molecule has 0 aliphatic rings. The summed E-state index contributed by atoms with van der Waals surface area (Å²) in [6.45, 7) is 0. The lowest BCUT2D eigenvalue weighted by Crippen LogP contribution is -1.97. The van der Waals surface area contributed by atoms with E-state index < -0.39 is 5.82 Å². The first kappa shape index (κ1) is 12.5. The molecule has 1 aromatic heterocycles. The third-order valence-corrected chi connectivity index (χ3v) is 2.80. The average Bonchev–Trinajstić information content (AvgIpc) is 2.63. The predicted molar refractivity (Wildman–Crippen MR) is 66.2 cm³/mol. The number of anilines is 1. The van der Waals surface area contributed by atoms with Gasteiger partial charge in [0.2, 0.25) is 0 Å². The van der Waals surface area contributed by atoms with Gasteiger partial charge in [-0.1, -0.05) is 11.6 Å². The molecular formula is C11H11ClFN3O2. The van der Waals surface area contributed by atoms with Crippen LogP contribution in [0.4, 0.5) is 10.2 Å². The fourth-order valence-electron chi connectivity index (χ4n) is 1.64. The monoisotopic (exact) mass is 271 g/mol. The number of nitrogens with two attached hydrogens (primary N) is 1. The summed E-state index contributed by atoms with van der Waals surface area (Å²) in [7, 11) is 2.94. The standard InChI is InChI=1S/C11H11ClFN3O2/c1-16-8(14)4-6(15-16)9-10(13)5(12)3-7(17)11(9)18-2/h3-4,17H,14H2,1-2H3. The van der Waals surface area contributed by atoms with Gasteiger partial charge in [0.1, 0.15) is 11.5 Å². The van der Waals surface area contributed by atoms with Gasteiger partial charge in [0, 0.05) is 19.2 Å². The van der Waals surface area contributed by atoms with E-state index in [2.05, 4.69) is 5.10 Å². The molecule has 1 heterocycles. The molecule has 2 aromatic rings. The van der Waals surface area contributed by atoms with Gasteiger partial charge in [0.15, 0.2) is 17.3 Å². The molecule has 0 atom stereocenters. The minimum absolute atomic E-state index is 0.0187. The molecule has 18 heavy (non-hydrogen) atoms. The highest BCUT2D eigenvalue weighted by Crippen LogP contribution is 2.42. The smallest absolute Gasteiger partial charge is 0.173 e. The van der Waals surface area contributed by atoms with Crippen LogP contribution in [0.15, 0.2) is 12.1 Å². The minimum atomic E-state index is -0.718. The van der Waals surface area contributed by atoms with E-state index >= 15 is 0 Å². The van der Waals surface area contributed by atoms with Gasteiger partial charge in [-0.05, 0) is 0 Å². The molecule has 5 nitrogen and oxygen atoms in total. The van der Waals surface area contributed by atoms with Crippen molar-refractivity contribution >= 4 is 17.4 Å². The highest BCUT2D eigenvalue weighted by Gasteiger charge is 2.22. The summed E-state index contributed by atoms with van der Waals surface area (Å²) in [6.07, 6.45) is 0. The normalized spacial score (nSPS) is 10.7. The molecule has 7 heteroatoms.